The van der Waals surface area contributed by atoms with E-state index in [-0.39, 0.29) is 12.4 Å². The van der Waals surface area contributed by atoms with E-state index >= 15 is 0 Å². The highest BCUT2D eigenvalue weighted by Gasteiger charge is 2.05. The first kappa shape index (κ1) is 14.0. The lowest BCUT2D eigenvalue weighted by molar-refractivity contribution is 0.139. The van der Waals surface area contributed by atoms with Gasteiger partial charge in [-0.1, -0.05) is 30.3 Å². The lowest BCUT2D eigenvalue weighted by Gasteiger charge is -2.06. The number of aromatic hydroxyl groups is 1. The zero-order valence-electron chi connectivity index (χ0n) is 11.9. The predicted octanol–water partition coefficient (Wildman–Crippen LogP) is 3.30. The Bertz CT molecular complexity index is 781. The fourth-order valence-electron chi connectivity index (χ4n) is 2.21. The van der Waals surface area contributed by atoms with Crippen LogP contribution >= 0.6 is 0 Å². The van der Waals surface area contributed by atoms with E-state index in [1.807, 2.05) is 42.5 Å². The largest absolute Gasteiger partial charge is 0.508 e. The first-order chi connectivity index (χ1) is 10.7. The van der Waals surface area contributed by atoms with Gasteiger partial charge in [0.05, 0.1) is 6.54 Å². The number of H-pyrrole nitrogens is 1. The zero-order valence-corrected chi connectivity index (χ0v) is 11.9. The average molecular weight is 296 g/mol. The van der Waals surface area contributed by atoms with Crippen molar-refractivity contribution in [2.24, 2.45) is 0 Å². The molecule has 1 heterocycles. The summed E-state index contributed by atoms with van der Waals surface area (Å²) in [4.78, 5) is 14.8. The third kappa shape index (κ3) is 3.38. The summed E-state index contributed by atoms with van der Waals surface area (Å²) in [7, 11) is 0. The summed E-state index contributed by atoms with van der Waals surface area (Å²) in [5.74, 6) is 0.205. The molecule has 0 bridgehead atoms. The van der Waals surface area contributed by atoms with Gasteiger partial charge in [-0.15, -0.1) is 0 Å². The number of nitrogens with one attached hydrogen (secondary N) is 2. The molecule has 112 valence electrons. The van der Waals surface area contributed by atoms with E-state index in [4.69, 9.17) is 4.74 Å². The van der Waals surface area contributed by atoms with Gasteiger partial charge in [0.25, 0.3) is 0 Å². The molecule has 0 aliphatic carbocycles. The molecule has 0 unspecified atom stereocenters. The number of hydrogen-bond acceptors (Lipinski definition) is 3. The fourth-order valence-corrected chi connectivity index (χ4v) is 2.21. The molecular weight excluding hydrogens is 280 g/mol. The highest BCUT2D eigenvalue weighted by atomic mass is 16.5. The Balaban J connectivity index is 1.53. The third-order valence-electron chi connectivity index (χ3n) is 3.30. The van der Waals surface area contributed by atoms with Gasteiger partial charge in [-0.3, -0.25) is 0 Å². The smallest absolute Gasteiger partial charge is 0.407 e. The van der Waals surface area contributed by atoms with E-state index < -0.39 is 6.09 Å². The molecule has 0 aliphatic heterocycles. The molecule has 0 atom stereocenters. The third-order valence-corrected chi connectivity index (χ3v) is 3.30. The molecule has 0 spiro atoms. The number of aromatic amines is 1. The Morgan fingerprint density at radius 3 is 2.77 bits per heavy atom. The number of aromatic nitrogens is 1. The van der Waals surface area contributed by atoms with Crippen LogP contribution in [0.2, 0.25) is 0 Å². The topological polar surface area (TPSA) is 74.4 Å². The molecule has 0 radical (unpaired) electrons. The maximum atomic E-state index is 11.7. The van der Waals surface area contributed by atoms with Crippen LogP contribution in [-0.2, 0) is 17.9 Å². The van der Waals surface area contributed by atoms with Gasteiger partial charge < -0.3 is 20.1 Å². The number of amides is 1. The van der Waals surface area contributed by atoms with Crippen LogP contribution in [0.25, 0.3) is 10.9 Å². The van der Waals surface area contributed by atoms with Crippen molar-refractivity contribution in [1.82, 2.24) is 10.3 Å². The lowest BCUT2D eigenvalue weighted by Crippen LogP contribution is -2.23. The maximum absolute atomic E-state index is 11.7. The van der Waals surface area contributed by atoms with E-state index in [0.717, 1.165) is 22.2 Å². The summed E-state index contributed by atoms with van der Waals surface area (Å²) in [6.07, 6.45) is -0.467. The van der Waals surface area contributed by atoms with Gasteiger partial charge in [-0.2, -0.15) is 0 Å². The number of hydrogen-bond donors (Lipinski definition) is 3. The number of alkyl carbamates (subject to hydrolysis) is 1. The molecule has 5 nitrogen and oxygen atoms in total. The van der Waals surface area contributed by atoms with E-state index in [2.05, 4.69) is 10.3 Å². The van der Waals surface area contributed by atoms with Gasteiger partial charge in [0, 0.05) is 17.3 Å². The van der Waals surface area contributed by atoms with Crippen LogP contribution in [0, 0.1) is 0 Å². The van der Waals surface area contributed by atoms with Crippen molar-refractivity contribution in [2.45, 2.75) is 13.2 Å². The maximum Gasteiger partial charge on any atom is 0.407 e. The Morgan fingerprint density at radius 2 is 1.95 bits per heavy atom. The van der Waals surface area contributed by atoms with Crippen molar-refractivity contribution in [3.63, 3.8) is 0 Å². The monoisotopic (exact) mass is 296 g/mol. The quantitative estimate of drug-likeness (QED) is 0.691. The minimum absolute atomic E-state index is 0.205. The standard InChI is InChI=1S/C17H16N2O3/c20-15-7-6-13-8-14(19-16(13)9-15)10-18-17(21)22-11-12-4-2-1-3-5-12/h1-9,19-20H,10-11H2,(H,18,21). The number of fused-ring (bicyclic) bond motifs is 1. The number of carbonyl (C=O) groups excluding carboxylic acids is 1. The molecule has 0 saturated heterocycles. The van der Waals surface area contributed by atoms with Crippen LogP contribution in [0.5, 0.6) is 5.75 Å². The number of carbonyl (C=O) groups is 1. The fraction of sp³-hybridized carbons (Fsp3) is 0.118. The number of rotatable bonds is 4. The van der Waals surface area contributed by atoms with Gasteiger partial charge >= 0.3 is 6.09 Å². The number of ether oxygens (including phenoxy) is 1. The molecule has 3 aromatic rings. The van der Waals surface area contributed by atoms with Gasteiger partial charge in [0.1, 0.15) is 12.4 Å². The Kier molecular flexibility index (Phi) is 3.96. The summed E-state index contributed by atoms with van der Waals surface area (Å²) >= 11 is 0. The molecular formula is C17H16N2O3. The molecule has 22 heavy (non-hydrogen) atoms. The van der Waals surface area contributed by atoms with Crippen LogP contribution in [0.15, 0.2) is 54.6 Å². The average Bonchev–Trinajstić information content (AvgIpc) is 2.94. The molecule has 2 aromatic carbocycles. The highest BCUT2D eigenvalue weighted by Crippen LogP contribution is 2.20. The molecule has 5 heteroatoms. The summed E-state index contributed by atoms with van der Waals surface area (Å²) in [5, 5.41) is 13.1. The van der Waals surface area contributed by atoms with E-state index in [0.29, 0.717) is 6.54 Å². The van der Waals surface area contributed by atoms with Crippen LogP contribution in [0.3, 0.4) is 0 Å². The van der Waals surface area contributed by atoms with Gasteiger partial charge in [0.2, 0.25) is 0 Å². The molecule has 0 fully saturated rings. The number of phenolic OH excluding ortho intramolecular Hbond substituents is 1. The molecule has 1 aromatic heterocycles. The van der Waals surface area contributed by atoms with Crippen molar-refractivity contribution in [3.05, 3.63) is 65.9 Å². The van der Waals surface area contributed by atoms with Crippen molar-refractivity contribution < 1.29 is 14.6 Å². The SMILES string of the molecule is O=C(NCc1cc2ccc(O)cc2[nH]1)OCc1ccccc1. The minimum atomic E-state index is -0.467. The van der Waals surface area contributed by atoms with Crippen molar-refractivity contribution in [3.8, 4) is 5.75 Å². The normalized spacial score (nSPS) is 10.5. The first-order valence-corrected chi connectivity index (χ1v) is 6.96. The second-order valence-electron chi connectivity index (χ2n) is 4.98. The van der Waals surface area contributed by atoms with E-state index in [1.165, 1.54) is 0 Å². The zero-order chi connectivity index (χ0) is 15.4. The second-order valence-corrected chi connectivity index (χ2v) is 4.98. The molecule has 3 N–H and O–H groups in total. The summed E-state index contributed by atoms with van der Waals surface area (Å²) < 4.78 is 5.14. The van der Waals surface area contributed by atoms with Crippen molar-refractivity contribution in [1.29, 1.82) is 0 Å². The van der Waals surface area contributed by atoms with Crippen LogP contribution in [0.4, 0.5) is 4.79 Å². The van der Waals surface area contributed by atoms with E-state index in [1.54, 1.807) is 12.1 Å². The second kappa shape index (κ2) is 6.22. The Morgan fingerprint density at radius 1 is 1.14 bits per heavy atom. The molecule has 0 saturated carbocycles. The van der Waals surface area contributed by atoms with Crippen LogP contribution < -0.4 is 5.32 Å². The van der Waals surface area contributed by atoms with Crippen LogP contribution in [0.1, 0.15) is 11.3 Å². The van der Waals surface area contributed by atoms with Crippen LogP contribution in [-0.4, -0.2) is 16.2 Å². The van der Waals surface area contributed by atoms with Gasteiger partial charge in [-0.25, -0.2) is 4.79 Å². The highest BCUT2D eigenvalue weighted by molar-refractivity contribution is 5.81. The van der Waals surface area contributed by atoms with Gasteiger partial charge in [-0.05, 0) is 29.1 Å². The Labute approximate surface area is 127 Å². The summed E-state index contributed by atoms with van der Waals surface area (Å²) in [5.41, 5.74) is 2.62. The van der Waals surface area contributed by atoms with Crippen molar-refractivity contribution in [2.75, 3.05) is 0 Å². The minimum Gasteiger partial charge on any atom is -0.508 e. The molecule has 3 rings (SSSR count). The van der Waals surface area contributed by atoms with Gasteiger partial charge in [0.15, 0.2) is 0 Å². The predicted molar refractivity (Wildman–Crippen MR) is 83.4 cm³/mol. The number of phenols is 1. The number of benzene rings is 2. The summed E-state index contributed by atoms with van der Waals surface area (Å²) in [6.45, 7) is 0.580. The van der Waals surface area contributed by atoms with Crippen molar-refractivity contribution >= 4 is 17.0 Å². The first-order valence-electron chi connectivity index (χ1n) is 6.96. The Hall–Kier alpha value is -2.95. The molecule has 1 amide bonds. The summed E-state index contributed by atoms with van der Waals surface area (Å²) in [6, 6.07) is 16.5. The lowest BCUT2D eigenvalue weighted by atomic mass is 10.2. The van der Waals surface area contributed by atoms with E-state index in [9.17, 15) is 9.90 Å². The molecule has 0 aliphatic rings.